The molecular formula is C16H34O9S2Si. The second kappa shape index (κ2) is 8.58. The minimum Gasteiger partial charge on any atom is -0.414 e. The van der Waals surface area contributed by atoms with Crippen LogP contribution in [-0.4, -0.2) is 75.0 Å². The van der Waals surface area contributed by atoms with Gasteiger partial charge in [-0.1, -0.05) is 20.8 Å². The summed E-state index contributed by atoms with van der Waals surface area (Å²) in [5.74, 6) is -1.06. The zero-order chi connectivity index (χ0) is 22.2. The van der Waals surface area contributed by atoms with Crippen LogP contribution < -0.4 is 0 Å². The van der Waals surface area contributed by atoms with Crippen LogP contribution in [0, 0.1) is 0 Å². The Labute approximate surface area is 170 Å². The lowest BCUT2D eigenvalue weighted by atomic mass is 10.1. The molecule has 1 aliphatic heterocycles. The molecule has 168 valence electrons. The van der Waals surface area contributed by atoms with E-state index in [4.69, 9.17) is 22.3 Å². The Kier molecular flexibility index (Phi) is 7.95. The van der Waals surface area contributed by atoms with Crippen LogP contribution >= 0.6 is 0 Å². The van der Waals surface area contributed by atoms with Crippen LogP contribution in [0.4, 0.5) is 0 Å². The van der Waals surface area contributed by atoms with E-state index >= 15 is 0 Å². The summed E-state index contributed by atoms with van der Waals surface area (Å²) in [7, 11) is -9.73. The summed E-state index contributed by atoms with van der Waals surface area (Å²) in [5, 5.41) is -0.0895. The zero-order valence-corrected chi connectivity index (χ0v) is 20.8. The van der Waals surface area contributed by atoms with Gasteiger partial charge in [-0.3, -0.25) is 8.37 Å². The van der Waals surface area contributed by atoms with Crippen molar-refractivity contribution >= 4 is 28.6 Å². The molecule has 1 fully saturated rings. The van der Waals surface area contributed by atoms with Gasteiger partial charge in [-0.15, -0.1) is 0 Å². The van der Waals surface area contributed by atoms with Gasteiger partial charge in [0.25, 0.3) is 20.2 Å². The predicted octanol–water partition coefficient (Wildman–Crippen LogP) is 1.85. The van der Waals surface area contributed by atoms with Crippen molar-refractivity contribution in [3.8, 4) is 0 Å². The lowest BCUT2D eigenvalue weighted by molar-refractivity contribution is -0.156. The van der Waals surface area contributed by atoms with Gasteiger partial charge < -0.3 is 13.9 Å². The van der Waals surface area contributed by atoms with Gasteiger partial charge in [0, 0.05) is 0 Å². The first-order chi connectivity index (χ1) is 12.2. The standard InChI is InChI=1S/C16H34O9S2Si/c1-15(2,3)28(8,9)22-11-13(25-27(7,19)20)14-12(10-21-26(6,17)18)23-16(4,5)24-14/h12-14H,10-11H2,1-9H3/t12-,13-,14-/m0/s1. The van der Waals surface area contributed by atoms with Crippen molar-refractivity contribution in [1.29, 1.82) is 0 Å². The van der Waals surface area contributed by atoms with Gasteiger partial charge >= 0.3 is 0 Å². The third-order valence-electron chi connectivity index (χ3n) is 4.75. The van der Waals surface area contributed by atoms with Crippen molar-refractivity contribution in [2.45, 2.75) is 76.8 Å². The molecule has 3 atom stereocenters. The van der Waals surface area contributed by atoms with E-state index in [-0.39, 0.29) is 18.3 Å². The van der Waals surface area contributed by atoms with E-state index in [9.17, 15) is 16.8 Å². The molecule has 28 heavy (non-hydrogen) atoms. The molecule has 0 radical (unpaired) electrons. The van der Waals surface area contributed by atoms with Crippen LogP contribution in [0.25, 0.3) is 0 Å². The van der Waals surface area contributed by atoms with E-state index in [1.807, 2.05) is 13.1 Å². The van der Waals surface area contributed by atoms with Crippen LogP contribution in [0.2, 0.25) is 18.1 Å². The van der Waals surface area contributed by atoms with Gasteiger partial charge in [-0.2, -0.15) is 16.8 Å². The first-order valence-electron chi connectivity index (χ1n) is 8.95. The molecule has 0 amide bonds. The van der Waals surface area contributed by atoms with Gasteiger partial charge in [-0.25, -0.2) is 0 Å². The van der Waals surface area contributed by atoms with Gasteiger partial charge in [0.15, 0.2) is 14.1 Å². The minimum absolute atomic E-state index is 0.0386. The van der Waals surface area contributed by atoms with Crippen molar-refractivity contribution in [3.63, 3.8) is 0 Å². The molecule has 0 aromatic heterocycles. The Hall–Kier alpha value is -0.0831. The van der Waals surface area contributed by atoms with Gasteiger partial charge in [0.1, 0.15) is 18.3 Å². The van der Waals surface area contributed by atoms with Crippen LogP contribution in [0.15, 0.2) is 0 Å². The van der Waals surface area contributed by atoms with Crippen molar-refractivity contribution in [2.24, 2.45) is 0 Å². The average Bonchev–Trinajstić information content (AvgIpc) is 2.73. The fraction of sp³-hybridized carbons (Fsp3) is 1.00. The molecular weight excluding hydrogens is 428 g/mol. The monoisotopic (exact) mass is 462 g/mol. The molecule has 1 saturated heterocycles. The Bertz CT molecular complexity index is 739. The molecule has 0 bridgehead atoms. The largest absolute Gasteiger partial charge is 0.414 e. The number of hydrogen-bond acceptors (Lipinski definition) is 9. The van der Waals surface area contributed by atoms with Crippen LogP contribution in [-0.2, 0) is 42.5 Å². The average molecular weight is 463 g/mol. The van der Waals surface area contributed by atoms with Gasteiger partial charge in [0.05, 0.1) is 25.7 Å². The molecule has 0 spiro atoms. The topological polar surface area (TPSA) is 114 Å². The normalized spacial score (nSPS) is 25.0. The summed E-state index contributed by atoms with van der Waals surface area (Å²) in [6.07, 6.45) is -0.890. The van der Waals surface area contributed by atoms with E-state index < -0.39 is 52.7 Å². The third-order valence-corrected chi connectivity index (χ3v) is 10.4. The highest BCUT2D eigenvalue weighted by Crippen LogP contribution is 2.38. The second-order valence-corrected chi connectivity index (χ2v) is 17.1. The van der Waals surface area contributed by atoms with Crippen LogP contribution in [0.5, 0.6) is 0 Å². The smallest absolute Gasteiger partial charge is 0.264 e. The molecule has 0 saturated carbocycles. The molecule has 1 heterocycles. The summed E-state index contributed by atoms with van der Waals surface area (Å²) in [6.45, 7) is 13.2. The van der Waals surface area contributed by atoms with Crippen LogP contribution in [0.3, 0.4) is 0 Å². The van der Waals surface area contributed by atoms with E-state index in [2.05, 4.69) is 20.8 Å². The number of hydrogen-bond donors (Lipinski definition) is 0. The van der Waals surface area contributed by atoms with Crippen molar-refractivity contribution in [3.05, 3.63) is 0 Å². The van der Waals surface area contributed by atoms with Crippen molar-refractivity contribution < 1.29 is 39.1 Å². The van der Waals surface area contributed by atoms with Crippen molar-refractivity contribution in [2.75, 3.05) is 25.7 Å². The summed E-state index contributed by atoms with van der Waals surface area (Å²) < 4.78 is 74.1. The SMILES string of the molecule is CC1(C)O[C@H]([C@H](CO[Si](C)(C)C(C)(C)C)OS(C)(=O)=O)[C@H](COS(C)(=O)=O)O1. The minimum atomic E-state index is -3.83. The third kappa shape index (κ3) is 8.34. The number of rotatable bonds is 9. The molecule has 9 nitrogen and oxygen atoms in total. The fourth-order valence-corrected chi connectivity index (χ4v) is 4.42. The maximum absolute atomic E-state index is 11.8. The summed E-state index contributed by atoms with van der Waals surface area (Å²) in [5.41, 5.74) is 0. The first kappa shape index (κ1) is 26.0. The number of ether oxygens (including phenoxy) is 2. The lowest BCUT2D eigenvalue weighted by Gasteiger charge is -2.38. The molecule has 0 unspecified atom stereocenters. The highest BCUT2D eigenvalue weighted by atomic mass is 32.2. The molecule has 0 aromatic carbocycles. The molecule has 0 N–H and O–H groups in total. The zero-order valence-electron chi connectivity index (χ0n) is 18.1. The quantitative estimate of drug-likeness (QED) is 0.374. The Morgan fingerprint density at radius 3 is 2.00 bits per heavy atom. The highest BCUT2D eigenvalue weighted by Gasteiger charge is 2.48. The van der Waals surface area contributed by atoms with E-state index in [0.717, 1.165) is 12.5 Å². The summed E-state index contributed by atoms with van der Waals surface area (Å²) >= 11 is 0. The first-order valence-corrected chi connectivity index (χ1v) is 15.5. The fourth-order valence-electron chi connectivity index (χ4n) is 2.41. The van der Waals surface area contributed by atoms with E-state index in [1.54, 1.807) is 13.8 Å². The predicted molar refractivity (Wildman–Crippen MR) is 107 cm³/mol. The molecule has 0 aliphatic carbocycles. The highest BCUT2D eigenvalue weighted by molar-refractivity contribution is 7.86. The van der Waals surface area contributed by atoms with E-state index in [0.29, 0.717) is 0 Å². The molecule has 1 rings (SSSR count). The van der Waals surface area contributed by atoms with E-state index in [1.165, 1.54) is 0 Å². The molecule has 12 heteroatoms. The summed E-state index contributed by atoms with van der Waals surface area (Å²) in [6, 6.07) is 0. The molecule has 0 aromatic rings. The Balaban J connectivity index is 3.08. The Morgan fingerprint density at radius 1 is 1.04 bits per heavy atom. The Morgan fingerprint density at radius 2 is 1.57 bits per heavy atom. The maximum atomic E-state index is 11.8. The van der Waals surface area contributed by atoms with Gasteiger partial charge in [-0.05, 0) is 32.0 Å². The lowest BCUT2D eigenvalue weighted by Crippen LogP contribution is -2.48. The molecule has 1 aliphatic rings. The maximum Gasteiger partial charge on any atom is 0.264 e. The van der Waals surface area contributed by atoms with Gasteiger partial charge in [0.2, 0.25) is 0 Å². The van der Waals surface area contributed by atoms with Crippen LogP contribution in [0.1, 0.15) is 34.6 Å². The second-order valence-electron chi connectivity index (χ2n) is 9.04. The van der Waals surface area contributed by atoms with Crippen molar-refractivity contribution in [1.82, 2.24) is 0 Å². The summed E-state index contributed by atoms with van der Waals surface area (Å²) in [4.78, 5) is 0.